The third-order valence-corrected chi connectivity index (χ3v) is 3.63. The van der Waals surface area contributed by atoms with Crippen molar-refractivity contribution in [3.05, 3.63) is 28.3 Å². The molecular weight excluding hydrogens is 246 g/mol. The van der Waals surface area contributed by atoms with E-state index >= 15 is 0 Å². The van der Waals surface area contributed by atoms with Crippen molar-refractivity contribution in [1.82, 2.24) is 9.97 Å². The van der Waals surface area contributed by atoms with E-state index < -0.39 is 4.92 Å². The second kappa shape index (κ2) is 4.20. The summed E-state index contributed by atoms with van der Waals surface area (Å²) >= 11 is 0. The summed E-state index contributed by atoms with van der Waals surface area (Å²) in [4.78, 5) is 17.6. The lowest BCUT2D eigenvalue weighted by Gasteiger charge is -2.38. The Morgan fingerprint density at radius 1 is 1.53 bits per heavy atom. The molecule has 19 heavy (non-hydrogen) atoms. The number of anilines is 1. The Morgan fingerprint density at radius 3 is 2.95 bits per heavy atom. The lowest BCUT2D eigenvalue weighted by Crippen LogP contribution is -2.52. The third kappa shape index (κ3) is 2.24. The molecule has 2 aromatic rings. The number of non-ortho nitro benzene ring substituents is 1. The largest absolute Gasteiger partial charge is 0.354 e. The van der Waals surface area contributed by atoms with Crippen LogP contribution in [-0.2, 0) is 0 Å². The molecule has 0 unspecified atom stereocenters. The Kier molecular flexibility index (Phi) is 2.63. The number of nitrogens with one attached hydrogen (secondary N) is 2. The molecule has 1 aliphatic rings. The maximum absolute atomic E-state index is 10.7. The standard InChI is InChI=1S/C12H15N5O2/c13-12(4-1-5-12)7-14-11-15-9-3-2-8(17(18)19)6-10(9)16-11/h2-3,6H,1,4-5,7,13H2,(H2,14,15,16). The molecule has 1 aromatic heterocycles. The highest BCUT2D eigenvalue weighted by Crippen LogP contribution is 2.29. The molecule has 7 nitrogen and oxygen atoms in total. The number of nitro benzene ring substituents is 1. The minimum Gasteiger partial charge on any atom is -0.354 e. The van der Waals surface area contributed by atoms with Gasteiger partial charge in [0.1, 0.15) is 0 Å². The molecule has 0 aliphatic heterocycles. The molecule has 4 N–H and O–H groups in total. The van der Waals surface area contributed by atoms with Gasteiger partial charge in [-0.15, -0.1) is 0 Å². The van der Waals surface area contributed by atoms with Crippen LogP contribution in [0.15, 0.2) is 18.2 Å². The highest BCUT2D eigenvalue weighted by atomic mass is 16.6. The Balaban J connectivity index is 1.79. The van der Waals surface area contributed by atoms with E-state index in [9.17, 15) is 10.1 Å². The van der Waals surface area contributed by atoms with Gasteiger partial charge in [-0.3, -0.25) is 10.1 Å². The first-order chi connectivity index (χ1) is 9.06. The summed E-state index contributed by atoms with van der Waals surface area (Å²) in [6.07, 6.45) is 3.21. The number of aromatic amines is 1. The van der Waals surface area contributed by atoms with Crippen LogP contribution in [0, 0.1) is 10.1 Å². The van der Waals surface area contributed by atoms with Gasteiger partial charge in [-0.1, -0.05) is 0 Å². The van der Waals surface area contributed by atoms with Crippen molar-refractivity contribution in [2.24, 2.45) is 5.73 Å². The summed E-state index contributed by atoms with van der Waals surface area (Å²) in [5, 5.41) is 13.9. The van der Waals surface area contributed by atoms with Crippen molar-refractivity contribution in [3.8, 4) is 0 Å². The van der Waals surface area contributed by atoms with E-state index in [-0.39, 0.29) is 11.2 Å². The van der Waals surface area contributed by atoms with Gasteiger partial charge < -0.3 is 16.0 Å². The van der Waals surface area contributed by atoms with Crippen LogP contribution in [0.3, 0.4) is 0 Å². The molecule has 3 rings (SSSR count). The molecule has 100 valence electrons. The fraction of sp³-hybridized carbons (Fsp3) is 0.417. The van der Waals surface area contributed by atoms with Gasteiger partial charge in [0, 0.05) is 24.2 Å². The Morgan fingerprint density at radius 2 is 2.32 bits per heavy atom. The third-order valence-electron chi connectivity index (χ3n) is 3.63. The molecule has 1 saturated carbocycles. The fourth-order valence-electron chi connectivity index (χ4n) is 2.26. The predicted molar refractivity (Wildman–Crippen MR) is 72.0 cm³/mol. The van der Waals surface area contributed by atoms with Gasteiger partial charge in [0.05, 0.1) is 16.0 Å². The first kappa shape index (κ1) is 11.9. The number of nitrogens with zero attached hydrogens (tertiary/aromatic N) is 2. The van der Waals surface area contributed by atoms with Gasteiger partial charge in [-0.25, -0.2) is 4.98 Å². The van der Waals surface area contributed by atoms with Gasteiger partial charge in [-0.05, 0) is 25.3 Å². The number of fused-ring (bicyclic) bond motifs is 1. The molecule has 0 spiro atoms. The SMILES string of the molecule is NC1(CNc2nc3ccc([N+](=O)[O-])cc3[nH]2)CCC1. The van der Waals surface area contributed by atoms with E-state index in [1.54, 1.807) is 6.07 Å². The first-order valence-electron chi connectivity index (χ1n) is 6.23. The number of rotatable bonds is 4. The Labute approximate surface area is 109 Å². The molecule has 1 aromatic carbocycles. The van der Waals surface area contributed by atoms with Crippen LogP contribution in [0.2, 0.25) is 0 Å². The average Bonchev–Trinajstić information content (AvgIpc) is 2.75. The Hall–Kier alpha value is -2.15. The number of aromatic nitrogens is 2. The highest BCUT2D eigenvalue weighted by Gasteiger charge is 2.32. The topological polar surface area (TPSA) is 110 Å². The summed E-state index contributed by atoms with van der Waals surface area (Å²) in [6, 6.07) is 4.56. The zero-order chi connectivity index (χ0) is 13.5. The summed E-state index contributed by atoms with van der Waals surface area (Å²) in [6.45, 7) is 0.662. The van der Waals surface area contributed by atoms with E-state index in [4.69, 9.17) is 5.73 Å². The quantitative estimate of drug-likeness (QED) is 0.573. The Bertz CT molecular complexity index is 632. The van der Waals surface area contributed by atoms with Gasteiger partial charge in [-0.2, -0.15) is 0 Å². The molecule has 7 heteroatoms. The summed E-state index contributed by atoms with van der Waals surface area (Å²) < 4.78 is 0. The van der Waals surface area contributed by atoms with Gasteiger partial charge in [0.15, 0.2) is 0 Å². The number of H-pyrrole nitrogens is 1. The molecule has 0 atom stereocenters. The van der Waals surface area contributed by atoms with Crippen LogP contribution in [0.1, 0.15) is 19.3 Å². The van der Waals surface area contributed by atoms with Crippen LogP contribution in [0.4, 0.5) is 11.6 Å². The molecule has 0 radical (unpaired) electrons. The second-order valence-corrected chi connectivity index (χ2v) is 5.11. The summed E-state index contributed by atoms with van der Waals surface area (Å²) in [7, 11) is 0. The normalized spacial score (nSPS) is 17.1. The number of benzene rings is 1. The van der Waals surface area contributed by atoms with E-state index in [0.29, 0.717) is 23.5 Å². The van der Waals surface area contributed by atoms with Crippen molar-refractivity contribution in [1.29, 1.82) is 0 Å². The second-order valence-electron chi connectivity index (χ2n) is 5.11. The van der Waals surface area contributed by atoms with Crippen molar-refractivity contribution < 1.29 is 4.92 Å². The van der Waals surface area contributed by atoms with Crippen LogP contribution in [-0.4, -0.2) is 27.0 Å². The number of imidazole rings is 1. The number of hydrogen-bond acceptors (Lipinski definition) is 5. The number of nitrogens with two attached hydrogens (primary N) is 1. The molecule has 1 heterocycles. The van der Waals surface area contributed by atoms with Gasteiger partial charge in [0.25, 0.3) is 5.69 Å². The first-order valence-corrected chi connectivity index (χ1v) is 6.23. The lowest BCUT2D eigenvalue weighted by molar-refractivity contribution is -0.384. The zero-order valence-corrected chi connectivity index (χ0v) is 10.3. The van der Waals surface area contributed by atoms with E-state index in [2.05, 4.69) is 15.3 Å². The molecule has 1 fully saturated rings. The summed E-state index contributed by atoms with van der Waals surface area (Å²) in [5.74, 6) is 0.604. The van der Waals surface area contributed by atoms with Crippen LogP contribution in [0.5, 0.6) is 0 Å². The smallest absolute Gasteiger partial charge is 0.271 e. The predicted octanol–water partition coefficient (Wildman–Crippen LogP) is 1.76. The monoisotopic (exact) mass is 261 g/mol. The zero-order valence-electron chi connectivity index (χ0n) is 10.3. The van der Waals surface area contributed by atoms with Gasteiger partial charge >= 0.3 is 0 Å². The minimum atomic E-state index is -0.420. The maximum atomic E-state index is 10.7. The van der Waals surface area contributed by atoms with E-state index in [1.807, 2.05) is 0 Å². The molecule has 0 saturated heterocycles. The molecule has 0 bridgehead atoms. The van der Waals surface area contributed by atoms with Gasteiger partial charge in [0.2, 0.25) is 5.95 Å². The van der Waals surface area contributed by atoms with Crippen LogP contribution < -0.4 is 11.1 Å². The van der Waals surface area contributed by atoms with E-state index in [1.165, 1.54) is 18.6 Å². The highest BCUT2D eigenvalue weighted by molar-refractivity contribution is 5.79. The number of nitro groups is 1. The maximum Gasteiger partial charge on any atom is 0.271 e. The minimum absolute atomic E-state index is 0.0528. The fourth-order valence-corrected chi connectivity index (χ4v) is 2.26. The molecule has 0 amide bonds. The van der Waals surface area contributed by atoms with Crippen molar-refractivity contribution >= 4 is 22.7 Å². The van der Waals surface area contributed by atoms with Crippen molar-refractivity contribution in [2.45, 2.75) is 24.8 Å². The average molecular weight is 261 g/mol. The number of hydrogen-bond donors (Lipinski definition) is 3. The molecule has 1 aliphatic carbocycles. The summed E-state index contributed by atoms with van der Waals surface area (Å²) in [5.41, 5.74) is 7.39. The van der Waals surface area contributed by atoms with Crippen LogP contribution >= 0.6 is 0 Å². The van der Waals surface area contributed by atoms with Crippen LogP contribution in [0.25, 0.3) is 11.0 Å². The van der Waals surface area contributed by atoms with E-state index in [0.717, 1.165) is 12.8 Å². The van der Waals surface area contributed by atoms with Crippen molar-refractivity contribution in [2.75, 3.05) is 11.9 Å². The lowest BCUT2D eigenvalue weighted by atomic mass is 9.78. The molecular formula is C12H15N5O2. The van der Waals surface area contributed by atoms with Crippen molar-refractivity contribution in [3.63, 3.8) is 0 Å².